The van der Waals surface area contributed by atoms with E-state index in [-0.39, 0.29) is 18.5 Å². The average molecular weight is 425 g/mol. The van der Waals surface area contributed by atoms with Gasteiger partial charge in [-0.2, -0.15) is 0 Å². The van der Waals surface area contributed by atoms with Crippen molar-refractivity contribution in [3.8, 4) is 5.75 Å². The third kappa shape index (κ3) is 7.21. The molecular weight excluding hydrogens is 396 g/mol. The van der Waals surface area contributed by atoms with Crippen LogP contribution in [0.1, 0.15) is 39.0 Å². The number of likely N-dealkylation sites (N-methyl/N-ethyl adjacent to an activating group) is 1. The van der Waals surface area contributed by atoms with Gasteiger partial charge in [0.25, 0.3) is 0 Å². The Labute approximate surface area is 176 Å². The van der Waals surface area contributed by atoms with Gasteiger partial charge < -0.3 is 15.4 Å². The van der Waals surface area contributed by atoms with Gasteiger partial charge in [-0.25, -0.2) is 4.79 Å². The van der Waals surface area contributed by atoms with Crippen LogP contribution in [0.2, 0.25) is 5.02 Å². The molecule has 0 radical (unpaired) electrons. The van der Waals surface area contributed by atoms with Gasteiger partial charge in [-0.05, 0) is 45.0 Å². The third-order valence-corrected chi connectivity index (χ3v) is 5.28. The summed E-state index contributed by atoms with van der Waals surface area (Å²) in [6.45, 7) is 1.59. The number of methoxy groups -OCH3 is 1. The number of imide groups is 1. The van der Waals surface area contributed by atoms with Crippen LogP contribution in [-0.2, 0) is 9.59 Å². The molecule has 1 saturated carbocycles. The summed E-state index contributed by atoms with van der Waals surface area (Å²) in [6, 6.07) is 3.86. The molecule has 4 amide bonds. The zero-order valence-electron chi connectivity index (χ0n) is 17.1. The van der Waals surface area contributed by atoms with Crippen molar-refractivity contribution < 1.29 is 19.1 Å². The summed E-state index contributed by atoms with van der Waals surface area (Å²) in [5.74, 6) is -0.316. The number of nitrogens with one attached hydrogen (secondary N) is 3. The second-order valence-corrected chi connectivity index (χ2v) is 7.72. The Morgan fingerprint density at radius 3 is 2.59 bits per heavy atom. The van der Waals surface area contributed by atoms with E-state index in [0.29, 0.717) is 16.5 Å². The first kappa shape index (κ1) is 23.0. The molecular formula is C20H29ClN4O4. The number of amides is 4. The van der Waals surface area contributed by atoms with Crippen LogP contribution in [0.15, 0.2) is 18.2 Å². The van der Waals surface area contributed by atoms with Gasteiger partial charge in [0.2, 0.25) is 11.8 Å². The molecule has 0 aromatic heterocycles. The van der Waals surface area contributed by atoms with Crippen molar-refractivity contribution in [3.05, 3.63) is 23.2 Å². The first-order valence-corrected chi connectivity index (χ1v) is 10.1. The van der Waals surface area contributed by atoms with Crippen LogP contribution < -0.4 is 20.7 Å². The molecule has 160 valence electrons. The minimum absolute atomic E-state index is 0.0471. The maximum atomic E-state index is 12.4. The standard InChI is InChI=1S/C20H29ClN4O4/c1-13(19(27)24-20(28)22-15-7-5-4-6-8-15)25(2)12-18(26)23-16-11-14(21)9-10-17(16)29-3/h9-11,13,15H,4-8,12H2,1-3H3,(H,23,26)(H2,22,24,27,28)/t13-/m0/s1. The highest BCUT2D eigenvalue weighted by molar-refractivity contribution is 6.31. The van der Waals surface area contributed by atoms with E-state index < -0.39 is 18.0 Å². The average Bonchev–Trinajstić information content (AvgIpc) is 2.68. The number of urea groups is 1. The Morgan fingerprint density at radius 2 is 1.93 bits per heavy atom. The monoisotopic (exact) mass is 424 g/mol. The molecule has 0 aliphatic heterocycles. The van der Waals surface area contributed by atoms with Gasteiger partial charge >= 0.3 is 6.03 Å². The molecule has 1 fully saturated rings. The van der Waals surface area contributed by atoms with Crippen molar-refractivity contribution in [1.29, 1.82) is 0 Å². The summed E-state index contributed by atoms with van der Waals surface area (Å²) in [7, 11) is 3.13. The van der Waals surface area contributed by atoms with Crippen molar-refractivity contribution >= 4 is 35.1 Å². The molecule has 1 aromatic carbocycles. The molecule has 0 bridgehead atoms. The lowest BCUT2D eigenvalue weighted by Crippen LogP contribution is -2.51. The van der Waals surface area contributed by atoms with E-state index in [1.807, 2.05) is 0 Å². The molecule has 0 spiro atoms. The Balaban J connectivity index is 1.83. The number of carbonyl (C=O) groups is 3. The molecule has 0 heterocycles. The van der Waals surface area contributed by atoms with Crippen molar-refractivity contribution in [2.24, 2.45) is 0 Å². The van der Waals surface area contributed by atoms with Crippen LogP contribution in [-0.4, -0.2) is 55.5 Å². The number of anilines is 1. The van der Waals surface area contributed by atoms with E-state index in [1.54, 1.807) is 37.1 Å². The molecule has 1 atom stereocenters. The van der Waals surface area contributed by atoms with Crippen molar-refractivity contribution in [3.63, 3.8) is 0 Å². The van der Waals surface area contributed by atoms with Gasteiger partial charge in [-0.1, -0.05) is 30.9 Å². The van der Waals surface area contributed by atoms with E-state index in [0.717, 1.165) is 25.7 Å². The number of benzene rings is 1. The summed E-state index contributed by atoms with van der Waals surface area (Å²) in [6.07, 6.45) is 5.23. The van der Waals surface area contributed by atoms with Gasteiger partial charge in [0, 0.05) is 11.1 Å². The maximum Gasteiger partial charge on any atom is 0.321 e. The quantitative estimate of drug-likeness (QED) is 0.625. The van der Waals surface area contributed by atoms with Crippen LogP contribution in [0.4, 0.5) is 10.5 Å². The van der Waals surface area contributed by atoms with Crippen molar-refractivity contribution in [2.45, 2.75) is 51.1 Å². The van der Waals surface area contributed by atoms with Gasteiger partial charge in [0.05, 0.1) is 25.4 Å². The zero-order valence-corrected chi connectivity index (χ0v) is 17.8. The minimum Gasteiger partial charge on any atom is -0.495 e. The number of halogens is 1. The summed E-state index contributed by atoms with van der Waals surface area (Å²) in [5.41, 5.74) is 0.447. The number of nitrogens with zero attached hydrogens (tertiary/aromatic N) is 1. The fourth-order valence-corrected chi connectivity index (χ4v) is 3.39. The van der Waals surface area contributed by atoms with Gasteiger partial charge in [-0.15, -0.1) is 0 Å². The highest BCUT2D eigenvalue weighted by Gasteiger charge is 2.23. The Bertz CT molecular complexity index is 737. The Hall–Kier alpha value is -2.32. The Morgan fingerprint density at radius 1 is 1.24 bits per heavy atom. The first-order valence-electron chi connectivity index (χ1n) is 9.75. The fourth-order valence-electron chi connectivity index (χ4n) is 3.22. The van der Waals surface area contributed by atoms with Crippen LogP contribution in [0.5, 0.6) is 5.75 Å². The van der Waals surface area contributed by atoms with E-state index >= 15 is 0 Å². The van der Waals surface area contributed by atoms with Gasteiger partial charge in [-0.3, -0.25) is 19.8 Å². The molecule has 2 rings (SSSR count). The molecule has 29 heavy (non-hydrogen) atoms. The van der Waals surface area contributed by atoms with E-state index in [2.05, 4.69) is 16.0 Å². The fraction of sp³-hybridized carbons (Fsp3) is 0.550. The van der Waals surface area contributed by atoms with Crippen molar-refractivity contribution in [2.75, 3.05) is 26.0 Å². The summed E-state index contributed by atoms with van der Waals surface area (Å²) in [5, 5.41) is 8.38. The minimum atomic E-state index is -0.667. The van der Waals surface area contributed by atoms with E-state index in [4.69, 9.17) is 16.3 Å². The largest absolute Gasteiger partial charge is 0.495 e. The lowest BCUT2D eigenvalue weighted by atomic mass is 9.96. The van der Waals surface area contributed by atoms with E-state index in [1.165, 1.54) is 13.5 Å². The lowest BCUT2D eigenvalue weighted by Gasteiger charge is -2.25. The van der Waals surface area contributed by atoms with Crippen molar-refractivity contribution in [1.82, 2.24) is 15.5 Å². The topological polar surface area (TPSA) is 99.8 Å². The maximum absolute atomic E-state index is 12.4. The predicted molar refractivity (Wildman–Crippen MR) is 112 cm³/mol. The van der Waals surface area contributed by atoms with Gasteiger partial charge in [0.1, 0.15) is 5.75 Å². The lowest BCUT2D eigenvalue weighted by molar-refractivity contribution is -0.125. The molecule has 0 unspecified atom stereocenters. The zero-order chi connectivity index (χ0) is 21.4. The van der Waals surface area contributed by atoms with E-state index in [9.17, 15) is 14.4 Å². The second kappa shape index (κ2) is 11.0. The number of hydrogen-bond acceptors (Lipinski definition) is 5. The highest BCUT2D eigenvalue weighted by atomic mass is 35.5. The number of carbonyl (C=O) groups excluding carboxylic acids is 3. The molecule has 1 aromatic rings. The number of hydrogen-bond donors (Lipinski definition) is 3. The molecule has 3 N–H and O–H groups in total. The summed E-state index contributed by atoms with van der Waals surface area (Å²) in [4.78, 5) is 38.3. The molecule has 0 saturated heterocycles. The second-order valence-electron chi connectivity index (χ2n) is 7.28. The summed E-state index contributed by atoms with van der Waals surface area (Å²) < 4.78 is 5.20. The van der Waals surface area contributed by atoms with Crippen LogP contribution in [0, 0.1) is 0 Å². The third-order valence-electron chi connectivity index (χ3n) is 5.05. The SMILES string of the molecule is COc1ccc(Cl)cc1NC(=O)CN(C)[C@@H](C)C(=O)NC(=O)NC1CCCCC1. The molecule has 8 nitrogen and oxygen atoms in total. The van der Waals surface area contributed by atoms with Crippen LogP contribution >= 0.6 is 11.6 Å². The highest BCUT2D eigenvalue weighted by Crippen LogP contribution is 2.27. The first-order chi connectivity index (χ1) is 13.8. The smallest absolute Gasteiger partial charge is 0.321 e. The van der Waals surface area contributed by atoms with Gasteiger partial charge in [0.15, 0.2) is 0 Å². The summed E-state index contributed by atoms with van der Waals surface area (Å²) >= 11 is 5.97. The predicted octanol–water partition coefficient (Wildman–Crippen LogP) is 2.77. The molecule has 1 aliphatic rings. The number of ether oxygens (including phenoxy) is 1. The normalized spacial score (nSPS) is 15.5. The number of rotatable bonds is 7. The molecule has 1 aliphatic carbocycles. The molecule has 9 heteroatoms. The van der Waals surface area contributed by atoms with Crippen LogP contribution in [0.3, 0.4) is 0 Å². The van der Waals surface area contributed by atoms with Crippen LogP contribution in [0.25, 0.3) is 0 Å². The Kier molecular flexibility index (Phi) is 8.72.